The minimum absolute atomic E-state index is 0.179. The van der Waals surface area contributed by atoms with Gasteiger partial charge in [-0.05, 0) is 25.7 Å². The van der Waals surface area contributed by atoms with Gasteiger partial charge in [0, 0.05) is 25.7 Å². The van der Waals surface area contributed by atoms with Crippen molar-refractivity contribution >= 4 is 11.7 Å². The molecule has 0 radical (unpaired) electrons. The normalized spacial score (nSPS) is 16.0. The van der Waals surface area contributed by atoms with Crippen molar-refractivity contribution in [3.63, 3.8) is 0 Å². The summed E-state index contributed by atoms with van der Waals surface area (Å²) in [6.07, 6.45) is 3.99. The van der Waals surface area contributed by atoms with E-state index in [1.807, 2.05) is 6.92 Å². The fraction of sp³-hybridized carbons (Fsp3) is 0.533. The molecule has 1 aromatic heterocycles. The van der Waals surface area contributed by atoms with Gasteiger partial charge in [0.15, 0.2) is 0 Å². The molecule has 0 saturated carbocycles. The van der Waals surface area contributed by atoms with Crippen LogP contribution >= 0.6 is 0 Å². The number of amides is 1. The number of hydrogen-bond acceptors (Lipinski definition) is 4. The van der Waals surface area contributed by atoms with Gasteiger partial charge in [-0.2, -0.15) is 0 Å². The van der Waals surface area contributed by atoms with Gasteiger partial charge in [0.25, 0.3) is 5.91 Å². The van der Waals surface area contributed by atoms with Crippen molar-refractivity contribution in [2.45, 2.75) is 26.7 Å². The second-order valence-electron chi connectivity index (χ2n) is 5.33. The first-order valence-corrected chi connectivity index (χ1v) is 7.10. The number of nitrogens with zero attached hydrogens (tertiary/aromatic N) is 3. The van der Waals surface area contributed by atoms with Crippen molar-refractivity contribution in [2.24, 2.45) is 5.92 Å². The molecule has 1 saturated heterocycles. The molecule has 5 nitrogen and oxygen atoms in total. The summed E-state index contributed by atoms with van der Waals surface area (Å²) >= 11 is 0. The zero-order valence-electron chi connectivity index (χ0n) is 12.2. The third-order valence-electron chi connectivity index (χ3n) is 3.57. The smallest absolute Gasteiger partial charge is 0.270 e. The number of carbonyl (C=O) groups excluding carboxylic acids is 1. The zero-order chi connectivity index (χ0) is 14.5. The summed E-state index contributed by atoms with van der Waals surface area (Å²) in [5, 5.41) is 2.75. The van der Waals surface area contributed by atoms with Crippen LogP contribution in [0.5, 0.6) is 0 Å². The molecule has 2 rings (SSSR count). The summed E-state index contributed by atoms with van der Waals surface area (Å²) in [5.74, 6) is 2.07. The lowest BCUT2D eigenvalue weighted by Crippen LogP contribution is -2.34. The Labute approximate surface area is 120 Å². The average molecular weight is 274 g/mol. The lowest BCUT2D eigenvalue weighted by Gasteiger charge is -2.31. The van der Waals surface area contributed by atoms with E-state index in [2.05, 4.69) is 33.7 Å². The molecule has 0 unspecified atom stereocenters. The van der Waals surface area contributed by atoms with Crippen molar-refractivity contribution < 1.29 is 4.79 Å². The van der Waals surface area contributed by atoms with Gasteiger partial charge in [0.2, 0.25) is 0 Å². The van der Waals surface area contributed by atoms with Gasteiger partial charge in [-0.25, -0.2) is 9.97 Å². The maximum Gasteiger partial charge on any atom is 0.270 e. The van der Waals surface area contributed by atoms with Crippen LogP contribution in [0.25, 0.3) is 0 Å². The highest BCUT2D eigenvalue weighted by Crippen LogP contribution is 2.21. The monoisotopic (exact) mass is 274 g/mol. The molecular weight excluding hydrogens is 252 g/mol. The van der Waals surface area contributed by atoms with E-state index in [1.165, 1.54) is 12.8 Å². The molecule has 1 fully saturated rings. The molecule has 0 spiro atoms. The van der Waals surface area contributed by atoms with Gasteiger partial charge in [0.05, 0.1) is 0 Å². The molecule has 1 N–H and O–H groups in total. The highest BCUT2D eigenvalue weighted by Gasteiger charge is 2.19. The molecule has 0 bridgehead atoms. The third kappa shape index (κ3) is 3.56. The first kappa shape index (κ1) is 14.5. The first-order chi connectivity index (χ1) is 9.60. The standard InChI is InChI=1S/C15H22N4O/c1-4-7-16-15(20)13-10-14(18-12(3)17-13)19-8-5-11(2)6-9-19/h4,10-11H,1,5-9H2,2-3H3,(H,16,20). The van der Waals surface area contributed by atoms with Crippen LogP contribution in [0.15, 0.2) is 18.7 Å². The minimum Gasteiger partial charge on any atom is -0.356 e. The SMILES string of the molecule is C=CCNC(=O)c1cc(N2CCC(C)CC2)nc(C)n1. The predicted octanol–water partition coefficient (Wildman–Crippen LogP) is 1.94. The first-order valence-electron chi connectivity index (χ1n) is 7.10. The highest BCUT2D eigenvalue weighted by molar-refractivity contribution is 5.93. The molecule has 1 aliphatic heterocycles. The number of hydrogen-bond donors (Lipinski definition) is 1. The van der Waals surface area contributed by atoms with Crippen LogP contribution in [0.2, 0.25) is 0 Å². The van der Waals surface area contributed by atoms with Crippen LogP contribution in [-0.4, -0.2) is 35.5 Å². The summed E-state index contributed by atoms with van der Waals surface area (Å²) in [7, 11) is 0. The van der Waals surface area contributed by atoms with Crippen LogP contribution in [0.1, 0.15) is 36.1 Å². The molecule has 108 valence electrons. The number of rotatable bonds is 4. The number of anilines is 1. The van der Waals surface area contributed by atoms with E-state index in [0.29, 0.717) is 18.1 Å². The van der Waals surface area contributed by atoms with Gasteiger partial charge in [-0.3, -0.25) is 4.79 Å². The Hall–Kier alpha value is -1.91. The molecular formula is C15H22N4O. The maximum atomic E-state index is 12.0. The van der Waals surface area contributed by atoms with E-state index in [9.17, 15) is 4.79 Å². The Morgan fingerprint density at radius 2 is 2.20 bits per heavy atom. The van der Waals surface area contributed by atoms with Crippen LogP contribution in [0, 0.1) is 12.8 Å². The second-order valence-corrected chi connectivity index (χ2v) is 5.33. The van der Waals surface area contributed by atoms with Crippen LogP contribution in [-0.2, 0) is 0 Å². The van der Waals surface area contributed by atoms with Crippen molar-refractivity contribution in [2.75, 3.05) is 24.5 Å². The van der Waals surface area contributed by atoms with Gasteiger partial charge in [-0.1, -0.05) is 13.0 Å². The molecule has 20 heavy (non-hydrogen) atoms. The van der Waals surface area contributed by atoms with E-state index in [4.69, 9.17) is 0 Å². The van der Waals surface area contributed by atoms with Crippen molar-refractivity contribution in [1.82, 2.24) is 15.3 Å². The molecule has 1 aliphatic rings. The average Bonchev–Trinajstić information content (AvgIpc) is 2.44. The Morgan fingerprint density at radius 3 is 2.85 bits per heavy atom. The van der Waals surface area contributed by atoms with Crippen LogP contribution < -0.4 is 10.2 Å². The van der Waals surface area contributed by atoms with Crippen molar-refractivity contribution in [3.05, 3.63) is 30.2 Å². The second kappa shape index (κ2) is 6.50. The van der Waals surface area contributed by atoms with E-state index < -0.39 is 0 Å². The fourth-order valence-electron chi connectivity index (χ4n) is 2.32. The predicted molar refractivity (Wildman–Crippen MR) is 79.9 cm³/mol. The number of aryl methyl sites for hydroxylation is 1. The van der Waals surface area contributed by atoms with E-state index in [1.54, 1.807) is 12.1 Å². The number of aromatic nitrogens is 2. The lowest BCUT2D eigenvalue weighted by atomic mass is 9.99. The molecule has 1 aromatic rings. The van der Waals surface area contributed by atoms with Crippen molar-refractivity contribution in [3.8, 4) is 0 Å². The minimum atomic E-state index is -0.179. The Bertz CT molecular complexity index is 493. The molecule has 0 aromatic carbocycles. The zero-order valence-corrected chi connectivity index (χ0v) is 12.2. The maximum absolute atomic E-state index is 12.0. The van der Waals surface area contributed by atoms with Crippen molar-refractivity contribution in [1.29, 1.82) is 0 Å². The van der Waals surface area contributed by atoms with Gasteiger partial charge in [0.1, 0.15) is 17.3 Å². The molecule has 2 heterocycles. The lowest BCUT2D eigenvalue weighted by molar-refractivity contribution is 0.0952. The molecule has 0 atom stereocenters. The Balaban J connectivity index is 2.15. The quantitative estimate of drug-likeness (QED) is 0.852. The van der Waals surface area contributed by atoms with Crippen LogP contribution in [0.4, 0.5) is 5.82 Å². The largest absolute Gasteiger partial charge is 0.356 e. The third-order valence-corrected chi connectivity index (χ3v) is 3.57. The molecule has 0 aliphatic carbocycles. The summed E-state index contributed by atoms with van der Waals surface area (Å²) < 4.78 is 0. The fourth-order valence-corrected chi connectivity index (χ4v) is 2.32. The van der Waals surface area contributed by atoms with Crippen LogP contribution in [0.3, 0.4) is 0 Å². The summed E-state index contributed by atoms with van der Waals surface area (Å²) in [6.45, 7) is 10.1. The Morgan fingerprint density at radius 1 is 1.50 bits per heavy atom. The van der Waals surface area contributed by atoms with Gasteiger partial charge >= 0.3 is 0 Å². The topological polar surface area (TPSA) is 58.1 Å². The highest BCUT2D eigenvalue weighted by atomic mass is 16.1. The van der Waals surface area contributed by atoms with Gasteiger partial charge < -0.3 is 10.2 Å². The van der Waals surface area contributed by atoms with E-state index in [-0.39, 0.29) is 5.91 Å². The summed E-state index contributed by atoms with van der Waals surface area (Å²) in [4.78, 5) is 22.9. The number of carbonyl (C=O) groups is 1. The summed E-state index contributed by atoms with van der Waals surface area (Å²) in [5.41, 5.74) is 0.424. The number of nitrogens with one attached hydrogen (secondary N) is 1. The Kier molecular flexibility index (Phi) is 4.71. The van der Waals surface area contributed by atoms with E-state index in [0.717, 1.165) is 24.8 Å². The van der Waals surface area contributed by atoms with E-state index >= 15 is 0 Å². The molecule has 1 amide bonds. The summed E-state index contributed by atoms with van der Waals surface area (Å²) in [6, 6.07) is 1.78. The number of piperidine rings is 1. The van der Waals surface area contributed by atoms with Gasteiger partial charge in [-0.15, -0.1) is 6.58 Å². The molecule has 5 heteroatoms.